The van der Waals surface area contributed by atoms with Crippen molar-refractivity contribution in [1.82, 2.24) is 25.3 Å². The fraction of sp³-hybridized carbons (Fsp3) is 0.444. The number of halogens is 1. The maximum Gasteiger partial charge on any atom is 0.241 e. The molecule has 0 spiro atoms. The molecule has 1 atom stereocenters. The lowest BCUT2D eigenvalue weighted by atomic mass is 9.97. The predicted octanol–water partition coefficient (Wildman–Crippen LogP) is 3.75. The van der Waals surface area contributed by atoms with E-state index in [-0.39, 0.29) is 11.8 Å². The van der Waals surface area contributed by atoms with E-state index in [9.17, 15) is 4.79 Å². The molecule has 2 fully saturated rings. The van der Waals surface area contributed by atoms with Gasteiger partial charge >= 0.3 is 0 Å². The summed E-state index contributed by atoms with van der Waals surface area (Å²) in [5.74, 6) is 1.06. The molecule has 2 aliphatic rings. The first-order valence-corrected chi connectivity index (χ1v) is 13.0. The van der Waals surface area contributed by atoms with Crippen molar-refractivity contribution in [2.75, 3.05) is 39.4 Å². The zero-order valence-corrected chi connectivity index (χ0v) is 21.1. The largest absolute Gasteiger partial charge is 0.379 e. The third-order valence-electron chi connectivity index (χ3n) is 6.89. The molecule has 1 amide bonds. The van der Waals surface area contributed by atoms with E-state index in [4.69, 9.17) is 20.9 Å². The number of carbonyl (C=O) groups excluding carboxylic acids is 1. The summed E-state index contributed by atoms with van der Waals surface area (Å²) in [6.45, 7) is 6.96. The molecule has 0 saturated carbocycles. The molecule has 1 unspecified atom stereocenters. The number of nitrogens with zero attached hydrogens (tertiary/aromatic N) is 4. The third-order valence-corrected chi connectivity index (χ3v) is 7.22. The second-order valence-corrected chi connectivity index (χ2v) is 9.85. The fourth-order valence-electron chi connectivity index (χ4n) is 4.89. The molecular formula is C27H32ClN5O3. The SMILES string of the molecule is O=C(NCc1ccccc1CN1CCOCC1)C1CCCN(Cc2nc(-c3ccccc3Cl)no2)C1. The van der Waals surface area contributed by atoms with Gasteiger partial charge in [-0.15, -0.1) is 0 Å². The highest BCUT2D eigenvalue weighted by atomic mass is 35.5. The van der Waals surface area contributed by atoms with Crippen LogP contribution in [-0.2, 0) is 29.2 Å². The van der Waals surface area contributed by atoms with E-state index in [2.05, 4.69) is 43.5 Å². The van der Waals surface area contributed by atoms with E-state index >= 15 is 0 Å². The van der Waals surface area contributed by atoms with Gasteiger partial charge in [-0.1, -0.05) is 53.2 Å². The first-order chi connectivity index (χ1) is 17.7. The summed E-state index contributed by atoms with van der Waals surface area (Å²) in [4.78, 5) is 22.2. The molecular weight excluding hydrogens is 478 g/mol. The number of nitrogens with one attached hydrogen (secondary N) is 1. The van der Waals surface area contributed by atoms with Crippen molar-refractivity contribution in [2.45, 2.75) is 32.5 Å². The highest BCUT2D eigenvalue weighted by Crippen LogP contribution is 2.26. The Bertz CT molecular complexity index is 1160. The molecule has 2 saturated heterocycles. The Morgan fingerprint density at radius 2 is 1.78 bits per heavy atom. The summed E-state index contributed by atoms with van der Waals surface area (Å²) in [5.41, 5.74) is 3.18. The molecule has 1 N–H and O–H groups in total. The van der Waals surface area contributed by atoms with E-state index in [0.717, 1.165) is 57.8 Å². The summed E-state index contributed by atoms with van der Waals surface area (Å²) in [7, 11) is 0. The van der Waals surface area contributed by atoms with Gasteiger partial charge in [-0.2, -0.15) is 4.98 Å². The van der Waals surface area contributed by atoms with Gasteiger partial charge < -0.3 is 14.6 Å². The quantitative estimate of drug-likeness (QED) is 0.495. The van der Waals surface area contributed by atoms with Gasteiger partial charge in [0.25, 0.3) is 0 Å². The molecule has 2 aromatic carbocycles. The minimum Gasteiger partial charge on any atom is -0.379 e. The van der Waals surface area contributed by atoms with Crippen LogP contribution in [-0.4, -0.2) is 65.2 Å². The maximum atomic E-state index is 13.1. The molecule has 2 aliphatic heterocycles. The van der Waals surface area contributed by atoms with E-state index < -0.39 is 0 Å². The number of benzene rings is 2. The van der Waals surface area contributed by atoms with Crippen LogP contribution in [0.15, 0.2) is 53.1 Å². The maximum absolute atomic E-state index is 13.1. The zero-order chi connectivity index (χ0) is 24.7. The van der Waals surface area contributed by atoms with Gasteiger partial charge in [0.2, 0.25) is 17.6 Å². The summed E-state index contributed by atoms with van der Waals surface area (Å²) >= 11 is 6.26. The van der Waals surface area contributed by atoms with Crippen molar-refractivity contribution < 1.29 is 14.1 Å². The Labute approximate surface area is 216 Å². The molecule has 1 aromatic heterocycles. The van der Waals surface area contributed by atoms with Gasteiger partial charge in [0.05, 0.1) is 30.7 Å². The van der Waals surface area contributed by atoms with Crippen molar-refractivity contribution in [3.63, 3.8) is 0 Å². The van der Waals surface area contributed by atoms with Gasteiger partial charge in [0.1, 0.15) is 0 Å². The molecule has 0 aliphatic carbocycles. The lowest BCUT2D eigenvalue weighted by molar-refractivity contribution is -0.127. The Balaban J connectivity index is 1.14. The number of likely N-dealkylation sites (tertiary alicyclic amines) is 1. The molecule has 9 heteroatoms. The smallest absolute Gasteiger partial charge is 0.241 e. The number of aromatic nitrogens is 2. The van der Waals surface area contributed by atoms with Crippen LogP contribution < -0.4 is 5.32 Å². The fourth-order valence-corrected chi connectivity index (χ4v) is 5.11. The van der Waals surface area contributed by atoms with Crippen molar-refractivity contribution in [1.29, 1.82) is 0 Å². The van der Waals surface area contributed by atoms with E-state index in [0.29, 0.717) is 36.4 Å². The number of morpholine rings is 1. The second-order valence-electron chi connectivity index (χ2n) is 9.44. The molecule has 0 radical (unpaired) electrons. The second kappa shape index (κ2) is 12.0. The molecule has 3 aromatic rings. The van der Waals surface area contributed by atoms with Crippen molar-refractivity contribution in [3.8, 4) is 11.4 Å². The van der Waals surface area contributed by atoms with Crippen molar-refractivity contribution in [2.24, 2.45) is 5.92 Å². The Hall–Kier alpha value is -2.78. The molecule has 3 heterocycles. The number of hydrogen-bond donors (Lipinski definition) is 1. The molecule has 0 bridgehead atoms. The number of ether oxygens (including phenoxy) is 1. The number of piperidine rings is 1. The minimum absolute atomic E-state index is 0.0592. The monoisotopic (exact) mass is 509 g/mol. The molecule has 36 heavy (non-hydrogen) atoms. The average Bonchev–Trinajstić information content (AvgIpc) is 3.37. The van der Waals surface area contributed by atoms with Crippen LogP contribution >= 0.6 is 11.6 Å². The Morgan fingerprint density at radius 3 is 2.61 bits per heavy atom. The van der Waals surface area contributed by atoms with Crippen molar-refractivity contribution >= 4 is 17.5 Å². The first-order valence-electron chi connectivity index (χ1n) is 12.6. The topological polar surface area (TPSA) is 83.7 Å². The van der Waals surface area contributed by atoms with Crippen LogP contribution in [0, 0.1) is 5.92 Å². The molecule has 190 valence electrons. The summed E-state index contributed by atoms with van der Waals surface area (Å²) < 4.78 is 10.9. The van der Waals surface area contributed by atoms with Gasteiger partial charge in [-0.25, -0.2) is 0 Å². The first kappa shape index (κ1) is 24.9. The van der Waals surface area contributed by atoms with E-state index in [1.54, 1.807) is 0 Å². The summed E-state index contributed by atoms with van der Waals surface area (Å²) in [5, 5.41) is 7.87. The lowest BCUT2D eigenvalue weighted by Gasteiger charge is -2.31. The summed E-state index contributed by atoms with van der Waals surface area (Å²) in [6.07, 6.45) is 1.84. The standard InChI is InChI=1S/C27H32ClN5O3/c28-24-10-4-3-9-23(24)26-30-25(36-31-26)19-33-11-5-8-22(18-33)27(34)29-16-20-6-1-2-7-21(20)17-32-12-14-35-15-13-32/h1-4,6-7,9-10,22H,5,8,11-19H2,(H,29,34). The number of amides is 1. The normalized spacial score (nSPS) is 19.3. The highest BCUT2D eigenvalue weighted by Gasteiger charge is 2.27. The van der Waals surface area contributed by atoms with Crippen LogP contribution in [0.5, 0.6) is 0 Å². The van der Waals surface area contributed by atoms with Gasteiger partial charge in [0, 0.05) is 38.3 Å². The Morgan fingerprint density at radius 1 is 1.00 bits per heavy atom. The molecule has 8 nitrogen and oxygen atoms in total. The minimum atomic E-state index is -0.0592. The summed E-state index contributed by atoms with van der Waals surface area (Å²) in [6, 6.07) is 15.8. The van der Waals surface area contributed by atoms with Gasteiger partial charge in [0.15, 0.2) is 0 Å². The van der Waals surface area contributed by atoms with Crippen LogP contribution in [0.4, 0.5) is 0 Å². The van der Waals surface area contributed by atoms with Gasteiger partial charge in [-0.05, 0) is 42.6 Å². The van der Waals surface area contributed by atoms with Crippen LogP contribution in [0.1, 0.15) is 29.9 Å². The number of carbonyl (C=O) groups is 1. The average molecular weight is 510 g/mol. The molecule has 5 rings (SSSR count). The zero-order valence-electron chi connectivity index (χ0n) is 20.4. The Kier molecular flexibility index (Phi) is 8.28. The number of rotatable bonds is 8. The lowest BCUT2D eigenvalue weighted by Crippen LogP contribution is -2.42. The van der Waals surface area contributed by atoms with Crippen molar-refractivity contribution in [3.05, 3.63) is 70.6 Å². The predicted molar refractivity (Wildman–Crippen MR) is 137 cm³/mol. The van der Waals surface area contributed by atoms with E-state index in [1.807, 2.05) is 30.3 Å². The van der Waals surface area contributed by atoms with Gasteiger partial charge in [-0.3, -0.25) is 14.6 Å². The third kappa shape index (κ3) is 6.31. The highest BCUT2D eigenvalue weighted by molar-refractivity contribution is 6.33. The van der Waals surface area contributed by atoms with Crippen LogP contribution in [0.3, 0.4) is 0 Å². The van der Waals surface area contributed by atoms with Crippen LogP contribution in [0.2, 0.25) is 5.02 Å². The van der Waals surface area contributed by atoms with E-state index in [1.165, 1.54) is 11.1 Å². The van der Waals surface area contributed by atoms with Crippen LogP contribution in [0.25, 0.3) is 11.4 Å². The number of hydrogen-bond acceptors (Lipinski definition) is 7.